The maximum Gasteiger partial charge on any atom is 0.275 e. The molecule has 2 N–H and O–H groups in total. The quantitative estimate of drug-likeness (QED) is 0.748. The number of furan rings is 1. The fraction of sp³-hybridized carbons (Fsp3) is 0.400. The highest BCUT2D eigenvalue weighted by molar-refractivity contribution is 5.76. The van der Waals surface area contributed by atoms with Crippen molar-refractivity contribution in [3.8, 4) is 0 Å². The zero-order valence-corrected chi connectivity index (χ0v) is 12.4. The number of hydrogen-bond donors (Lipinski definition) is 2. The van der Waals surface area contributed by atoms with Gasteiger partial charge in [0, 0.05) is 12.4 Å². The van der Waals surface area contributed by atoms with Gasteiger partial charge in [0.15, 0.2) is 6.54 Å². The molecule has 3 heterocycles. The van der Waals surface area contributed by atoms with Crippen molar-refractivity contribution in [2.75, 3.05) is 37.6 Å². The number of aromatic nitrogens is 2. The average molecular weight is 302 g/mol. The van der Waals surface area contributed by atoms with E-state index in [9.17, 15) is 4.79 Å². The SMILES string of the molecule is O=C(C[NH+]1CCN(c2ncccn2)CC1)NCc1ccco1. The Balaban J connectivity index is 1.41. The minimum atomic E-state index is 0.0517. The van der Waals surface area contributed by atoms with Crippen molar-refractivity contribution in [1.29, 1.82) is 0 Å². The van der Waals surface area contributed by atoms with Gasteiger partial charge in [0.2, 0.25) is 5.95 Å². The molecule has 0 unspecified atom stereocenters. The lowest BCUT2D eigenvalue weighted by atomic mass is 10.3. The van der Waals surface area contributed by atoms with E-state index in [1.807, 2.05) is 18.2 Å². The first-order valence-electron chi connectivity index (χ1n) is 7.46. The molecule has 2 aromatic rings. The fourth-order valence-corrected chi connectivity index (χ4v) is 2.54. The van der Waals surface area contributed by atoms with Gasteiger partial charge in [-0.2, -0.15) is 0 Å². The molecule has 1 aliphatic rings. The van der Waals surface area contributed by atoms with Crippen LogP contribution in [0.25, 0.3) is 0 Å². The van der Waals surface area contributed by atoms with Gasteiger partial charge < -0.3 is 19.5 Å². The van der Waals surface area contributed by atoms with Gasteiger partial charge >= 0.3 is 0 Å². The third-order valence-electron chi connectivity index (χ3n) is 3.76. The van der Waals surface area contributed by atoms with E-state index in [1.165, 1.54) is 4.90 Å². The second-order valence-corrected chi connectivity index (χ2v) is 5.32. The van der Waals surface area contributed by atoms with E-state index in [4.69, 9.17) is 4.42 Å². The van der Waals surface area contributed by atoms with Crippen molar-refractivity contribution < 1.29 is 14.1 Å². The predicted molar refractivity (Wildman–Crippen MR) is 80.4 cm³/mol. The summed E-state index contributed by atoms with van der Waals surface area (Å²) in [5, 5.41) is 2.88. The molecule has 0 aliphatic carbocycles. The molecule has 0 saturated carbocycles. The summed E-state index contributed by atoms with van der Waals surface area (Å²) >= 11 is 0. The Labute approximate surface area is 129 Å². The maximum atomic E-state index is 11.9. The number of piperazine rings is 1. The van der Waals surface area contributed by atoms with E-state index in [-0.39, 0.29) is 5.91 Å². The van der Waals surface area contributed by atoms with Crippen molar-refractivity contribution in [3.63, 3.8) is 0 Å². The largest absolute Gasteiger partial charge is 0.467 e. The Morgan fingerprint density at radius 3 is 2.73 bits per heavy atom. The number of carbonyl (C=O) groups is 1. The second kappa shape index (κ2) is 7.04. The molecule has 1 saturated heterocycles. The number of amides is 1. The van der Waals surface area contributed by atoms with Crippen LogP contribution in [-0.2, 0) is 11.3 Å². The minimum Gasteiger partial charge on any atom is -0.467 e. The lowest BCUT2D eigenvalue weighted by molar-refractivity contribution is -0.892. The van der Waals surface area contributed by atoms with Crippen molar-refractivity contribution in [1.82, 2.24) is 15.3 Å². The molecule has 7 nitrogen and oxygen atoms in total. The Morgan fingerprint density at radius 2 is 2.05 bits per heavy atom. The van der Waals surface area contributed by atoms with Gasteiger partial charge in [0.25, 0.3) is 5.91 Å². The van der Waals surface area contributed by atoms with Crippen molar-refractivity contribution in [2.24, 2.45) is 0 Å². The highest BCUT2D eigenvalue weighted by Gasteiger charge is 2.23. The van der Waals surface area contributed by atoms with Crippen molar-refractivity contribution in [2.45, 2.75) is 6.54 Å². The smallest absolute Gasteiger partial charge is 0.275 e. The van der Waals surface area contributed by atoms with Gasteiger partial charge in [0.1, 0.15) is 5.76 Å². The number of anilines is 1. The number of nitrogens with one attached hydrogen (secondary N) is 2. The van der Waals surface area contributed by atoms with Crippen LogP contribution in [0.1, 0.15) is 5.76 Å². The van der Waals surface area contributed by atoms with Gasteiger partial charge in [-0.1, -0.05) is 0 Å². The Morgan fingerprint density at radius 1 is 1.27 bits per heavy atom. The van der Waals surface area contributed by atoms with Crippen LogP contribution in [0.2, 0.25) is 0 Å². The Kier molecular flexibility index (Phi) is 4.65. The van der Waals surface area contributed by atoms with Crippen molar-refractivity contribution >= 4 is 11.9 Å². The summed E-state index contributed by atoms with van der Waals surface area (Å²) in [5.74, 6) is 1.59. The molecular weight excluding hydrogens is 282 g/mol. The van der Waals surface area contributed by atoms with Gasteiger partial charge in [-0.15, -0.1) is 0 Å². The van der Waals surface area contributed by atoms with E-state index in [0.717, 1.165) is 37.9 Å². The highest BCUT2D eigenvalue weighted by atomic mass is 16.3. The summed E-state index contributed by atoms with van der Waals surface area (Å²) < 4.78 is 5.19. The molecule has 0 spiro atoms. The van der Waals surface area contributed by atoms with Crippen LogP contribution in [-0.4, -0.2) is 48.6 Å². The van der Waals surface area contributed by atoms with E-state index in [0.29, 0.717) is 13.1 Å². The van der Waals surface area contributed by atoms with Gasteiger partial charge in [-0.25, -0.2) is 9.97 Å². The Bertz CT molecular complexity index is 579. The summed E-state index contributed by atoms with van der Waals surface area (Å²) in [7, 11) is 0. The molecular formula is C15H20N5O2+. The standard InChI is InChI=1S/C15H19N5O2/c21-14(18-11-13-3-1-10-22-13)12-19-6-8-20(9-7-19)15-16-4-2-5-17-15/h1-5,10H,6-9,11-12H2,(H,18,21)/p+1. The molecule has 0 atom stereocenters. The first-order valence-corrected chi connectivity index (χ1v) is 7.46. The zero-order chi connectivity index (χ0) is 15.2. The molecule has 1 aliphatic heterocycles. The van der Waals surface area contributed by atoms with Gasteiger partial charge in [-0.05, 0) is 18.2 Å². The minimum absolute atomic E-state index is 0.0517. The summed E-state index contributed by atoms with van der Waals surface area (Å²) in [6.07, 6.45) is 5.12. The van der Waals surface area contributed by atoms with Gasteiger partial charge in [-0.3, -0.25) is 4.79 Å². The fourth-order valence-electron chi connectivity index (χ4n) is 2.54. The maximum absolute atomic E-state index is 11.9. The average Bonchev–Trinajstić information content (AvgIpc) is 3.08. The topological polar surface area (TPSA) is 75.7 Å². The highest BCUT2D eigenvalue weighted by Crippen LogP contribution is 2.04. The molecule has 1 fully saturated rings. The van der Waals surface area contributed by atoms with E-state index < -0.39 is 0 Å². The van der Waals surface area contributed by atoms with Crippen LogP contribution in [0, 0.1) is 0 Å². The Hall–Kier alpha value is -2.41. The van der Waals surface area contributed by atoms with E-state index >= 15 is 0 Å². The van der Waals surface area contributed by atoms with Crippen LogP contribution in [0.15, 0.2) is 41.3 Å². The van der Waals surface area contributed by atoms with Crippen LogP contribution >= 0.6 is 0 Å². The summed E-state index contributed by atoms with van der Waals surface area (Å²) in [5.41, 5.74) is 0. The third kappa shape index (κ3) is 3.82. The van der Waals surface area contributed by atoms with Crippen LogP contribution < -0.4 is 15.1 Å². The second-order valence-electron chi connectivity index (χ2n) is 5.32. The number of nitrogens with zero attached hydrogens (tertiary/aromatic N) is 3. The lowest BCUT2D eigenvalue weighted by Gasteiger charge is -2.31. The molecule has 2 aromatic heterocycles. The molecule has 0 radical (unpaired) electrons. The summed E-state index contributed by atoms with van der Waals surface area (Å²) in [4.78, 5) is 23.9. The van der Waals surface area contributed by atoms with Gasteiger partial charge in [0.05, 0.1) is 39.0 Å². The molecule has 1 amide bonds. The molecule has 116 valence electrons. The molecule has 0 aromatic carbocycles. The zero-order valence-electron chi connectivity index (χ0n) is 12.4. The first-order chi connectivity index (χ1) is 10.8. The van der Waals surface area contributed by atoms with Crippen molar-refractivity contribution in [3.05, 3.63) is 42.6 Å². The summed E-state index contributed by atoms with van der Waals surface area (Å²) in [6, 6.07) is 5.48. The molecule has 22 heavy (non-hydrogen) atoms. The third-order valence-corrected chi connectivity index (χ3v) is 3.76. The normalized spacial score (nSPS) is 15.7. The lowest BCUT2D eigenvalue weighted by Crippen LogP contribution is -3.16. The van der Waals surface area contributed by atoms with E-state index in [2.05, 4.69) is 20.2 Å². The van der Waals surface area contributed by atoms with Crippen LogP contribution in [0.3, 0.4) is 0 Å². The number of carbonyl (C=O) groups excluding carboxylic acids is 1. The molecule has 3 rings (SSSR count). The number of hydrogen-bond acceptors (Lipinski definition) is 5. The predicted octanol–water partition coefficient (Wildman–Crippen LogP) is -0.909. The number of rotatable bonds is 5. The summed E-state index contributed by atoms with van der Waals surface area (Å²) in [6.45, 7) is 4.49. The van der Waals surface area contributed by atoms with Crippen LogP contribution in [0.5, 0.6) is 0 Å². The van der Waals surface area contributed by atoms with E-state index in [1.54, 1.807) is 18.7 Å². The first kappa shape index (κ1) is 14.5. The van der Waals surface area contributed by atoms with Crippen LogP contribution in [0.4, 0.5) is 5.95 Å². The molecule has 0 bridgehead atoms. The molecule has 7 heteroatoms. The number of quaternary nitrogens is 1. The monoisotopic (exact) mass is 302 g/mol.